The normalized spacial score (nSPS) is 13.1. The van der Waals surface area contributed by atoms with Crippen LogP contribution >= 0.6 is 0 Å². The predicted octanol–water partition coefficient (Wildman–Crippen LogP) is 1.90. The lowest BCUT2D eigenvalue weighted by atomic mass is 10.1. The largest absolute Gasteiger partial charge is 0.744 e. The lowest BCUT2D eigenvalue weighted by molar-refractivity contribution is -0.117. The van der Waals surface area contributed by atoms with E-state index in [9.17, 15) is 87.4 Å². The summed E-state index contributed by atoms with van der Waals surface area (Å²) in [6.07, 6.45) is 3.52. The summed E-state index contributed by atoms with van der Waals surface area (Å²) in [5.74, 6) is -1.60. The van der Waals surface area contributed by atoms with Crippen LogP contribution in [0, 0.1) is 0 Å². The quantitative estimate of drug-likeness (QED) is 0.100. The van der Waals surface area contributed by atoms with Gasteiger partial charge in [-0.3, -0.25) is 9.59 Å². The van der Waals surface area contributed by atoms with Crippen molar-refractivity contribution in [2.45, 2.75) is 93.6 Å². The molecule has 4 rings (SSSR count). The summed E-state index contributed by atoms with van der Waals surface area (Å²) in [7, 11) is -32.4. The first kappa shape index (κ1) is 48.5. The Morgan fingerprint density at radius 1 is 0.367 bits per heavy atom. The Bertz CT molecular complexity index is 2860. The summed E-state index contributed by atoms with van der Waals surface area (Å²) < 4.78 is 212. The zero-order valence-corrected chi connectivity index (χ0v) is 35.2. The Morgan fingerprint density at radius 2 is 0.617 bits per heavy atom. The van der Waals surface area contributed by atoms with Crippen molar-refractivity contribution in [2.24, 2.45) is 0 Å². The number of nitrogens with one attached hydrogen (secondary N) is 2. The fourth-order valence-electron chi connectivity index (χ4n) is 6.07. The number of anilines is 2. The number of carbonyl (C=O) groups excluding carboxylic acids is 2. The van der Waals surface area contributed by atoms with Crippen LogP contribution in [0.25, 0.3) is 21.5 Å². The van der Waals surface area contributed by atoms with Crippen LogP contribution < -0.4 is 10.6 Å². The Labute approximate surface area is 343 Å². The number of hydrogen-bond donors (Lipinski definition) is 2. The second kappa shape index (κ2) is 18.0. The molecule has 0 aromatic heterocycles. The minimum atomic E-state index is -5.53. The highest BCUT2D eigenvalue weighted by Crippen LogP contribution is 2.37. The molecule has 0 aliphatic heterocycles. The van der Waals surface area contributed by atoms with Gasteiger partial charge in [-0.05, 0) is 72.1 Å². The molecule has 330 valence electrons. The average Bonchev–Trinajstić information content (AvgIpc) is 3.08. The molecule has 4 aromatic rings. The molecule has 0 bridgehead atoms. The van der Waals surface area contributed by atoms with E-state index in [-0.39, 0.29) is 37.8 Å². The third-order valence-corrected chi connectivity index (χ3v) is 13.7. The maximum atomic E-state index is 12.8. The minimum Gasteiger partial charge on any atom is -0.744 e. The number of carbonyl (C=O) groups is 2. The van der Waals surface area contributed by atoms with Gasteiger partial charge in [0.2, 0.25) is 11.8 Å². The fourth-order valence-corrected chi connectivity index (χ4v) is 9.85. The molecule has 0 saturated heterocycles. The van der Waals surface area contributed by atoms with Crippen molar-refractivity contribution in [3.8, 4) is 0 Å². The fraction of sp³-hybridized carbons (Fsp3) is 0.312. The van der Waals surface area contributed by atoms with Gasteiger partial charge in [0.25, 0.3) is 0 Å². The van der Waals surface area contributed by atoms with Gasteiger partial charge >= 0.3 is 0 Å². The number of fused-ring (bicyclic) bond motifs is 2. The molecule has 0 atom stereocenters. The zero-order chi connectivity index (χ0) is 45.2. The first-order chi connectivity index (χ1) is 27.4. The highest BCUT2D eigenvalue weighted by Gasteiger charge is 2.22. The number of unbranched alkanes of at least 4 members (excludes halogenated alkanes) is 7. The third kappa shape index (κ3) is 12.7. The van der Waals surface area contributed by atoms with E-state index in [2.05, 4.69) is 10.6 Å². The Hall–Kier alpha value is -4.20. The van der Waals surface area contributed by atoms with Gasteiger partial charge in [-0.25, -0.2) is 50.5 Å². The maximum Gasteiger partial charge on any atom is 0.224 e. The molecule has 0 unspecified atom stereocenters. The Kier molecular flexibility index (Phi) is 14.6. The zero-order valence-electron chi connectivity index (χ0n) is 30.3. The smallest absolute Gasteiger partial charge is 0.224 e. The topological polar surface area (TPSA) is 401 Å². The van der Waals surface area contributed by atoms with Crippen molar-refractivity contribution in [3.63, 3.8) is 0 Å². The van der Waals surface area contributed by atoms with Crippen LogP contribution in [0.3, 0.4) is 0 Å². The third-order valence-electron chi connectivity index (χ3n) is 8.72. The lowest BCUT2D eigenvalue weighted by Crippen LogP contribution is -2.14. The van der Waals surface area contributed by atoms with Gasteiger partial charge < -0.3 is 38.0 Å². The van der Waals surface area contributed by atoms with Crippen molar-refractivity contribution in [3.05, 3.63) is 48.5 Å². The first-order valence-corrected chi connectivity index (χ1v) is 25.4. The molecule has 0 radical (unpaired) electrons. The molecule has 2 N–H and O–H groups in total. The van der Waals surface area contributed by atoms with E-state index in [1.165, 1.54) is 0 Å². The highest BCUT2D eigenvalue weighted by atomic mass is 32.2. The number of amides is 2. The van der Waals surface area contributed by atoms with E-state index in [0.717, 1.165) is 0 Å². The van der Waals surface area contributed by atoms with Crippen LogP contribution in [0.15, 0.2) is 77.9 Å². The molecule has 4 aromatic carbocycles. The van der Waals surface area contributed by atoms with E-state index >= 15 is 0 Å². The van der Waals surface area contributed by atoms with E-state index in [4.69, 9.17) is 0 Å². The molecule has 0 aliphatic carbocycles. The van der Waals surface area contributed by atoms with Crippen LogP contribution in [0.1, 0.15) is 64.2 Å². The molecule has 0 saturated carbocycles. The second-order valence-electron chi connectivity index (χ2n) is 13.1. The van der Waals surface area contributed by atoms with Gasteiger partial charge in [-0.15, -0.1) is 0 Å². The van der Waals surface area contributed by atoms with Crippen LogP contribution in [-0.4, -0.2) is 89.6 Å². The van der Waals surface area contributed by atoms with Crippen molar-refractivity contribution in [1.82, 2.24) is 0 Å². The van der Waals surface area contributed by atoms with Crippen molar-refractivity contribution < 1.29 is 87.4 Å². The van der Waals surface area contributed by atoms with Gasteiger partial charge in [-0.2, -0.15) is 0 Å². The molecule has 0 aliphatic rings. The molecule has 60 heavy (non-hydrogen) atoms. The molecule has 0 fully saturated rings. The Balaban J connectivity index is 1.31. The summed E-state index contributed by atoms with van der Waals surface area (Å²) in [6.45, 7) is 0. The molecule has 0 spiro atoms. The van der Waals surface area contributed by atoms with Crippen LogP contribution in [0.4, 0.5) is 11.4 Å². The molecular formula is C32H30N2O20S6-6. The van der Waals surface area contributed by atoms with Crippen molar-refractivity contribution in [1.29, 1.82) is 0 Å². The van der Waals surface area contributed by atoms with Gasteiger partial charge in [0.1, 0.15) is 60.7 Å². The molecule has 0 heterocycles. The second-order valence-corrected chi connectivity index (χ2v) is 21.3. The standard InChI is InChI=1S/C32H36N2O20S6/c35-29(33-25-15-21(55(37,38)39)11-19-13-23(57(43,44)45)17-27(31(19)25)59(49,50)51)9-7-5-3-1-2-4-6-8-10-30(36)34-26-16-22(56(40,41)42)12-20-14-24(58(46,47)48)18-28(32(20)26)60(52,53)54/h11-18H,1-10H2,(H,33,35)(H,34,36)(H,37,38,39)(H,40,41,42)(H,43,44,45)(H,46,47,48)(H,49,50,51)(H,52,53,54)/p-6. The van der Waals surface area contributed by atoms with E-state index in [0.29, 0.717) is 74.9 Å². The summed E-state index contributed by atoms with van der Waals surface area (Å²) in [5, 5.41) is 1.97. The maximum absolute atomic E-state index is 12.8. The minimum absolute atomic E-state index is 0.211. The molecule has 28 heteroatoms. The average molecular weight is 955 g/mol. The van der Waals surface area contributed by atoms with E-state index in [1.807, 2.05) is 0 Å². The molecule has 22 nitrogen and oxygen atoms in total. The van der Waals surface area contributed by atoms with E-state index in [1.54, 1.807) is 0 Å². The van der Waals surface area contributed by atoms with Gasteiger partial charge in [0, 0.05) is 23.6 Å². The monoisotopic (exact) mass is 954 g/mol. The van der Waals surface area contributed by atoms with Crippen LogP contribution in [-0.2, 0) is 70.3 Å². The number of benzene rings is 4. The first-order valence-electron chi connectivity index (χ1n) is 17.0. The summed E-state index contributed by atoms with van der Waals surface area (Å²) in [5.41, 5.74) is -1.23. The van der Waals surface area contributed by atoms with Crippen LogP contribution in [0.2, 0.25) is 0 Å². The molecule has 2 amide bonds. The van der Waals surface area contributed by atoms with Gasteiger partial charge in [-0.1, -0.05) is 38.5 Å². The van der Waals surface area contributed by atoms with Crippen molar-refractivity contribution >= 4 is 105 Å². The Morgan fingerprint density at radius 3 is 0.867 bits per heavy atom. The van der Waals surface area contributed by atoms with Crippen molar-refractivity contribution in [2.75, 3.05) is 10.6 Å². The van der Waals surface area contributed by atoms with Gasteiger partial charge in [0.05, 0.1) is 40.7 Å². The summed E-state index contributed by atoms with van der Waals surface area (Å²) in [6, 6.07) is 3.90. The lowest BCUT2D eigenvalue weighted by Gasteiger charge is -2.20. The summed E-state index contributed by atoms with van der Waals surface area (Å²) >= 11 is 0. The highest BCUT2D eigenvalue weighted by molar-refractivity contribution is 7.87. The SMILES string of the molecule is O=C(CCCCCCCCCCC(=O)Nc1cc(S(=O)(=O)[O-])cc2cc(S(=O)(=O)[O-])cc(S(=O)(=O)[O-])c12)Nc1cc(S(=O)(=O)[O-])cc2cc(S(=O)(=O)[O-])cc(S(=O)(=O)[O-])c12. The molecular weight excluding hydrogens is 925 g/mol. The number of hydrogen-bond acceptors (Lipinski definition) is 20. The summed E-state index contributed by atoms with van der Waals surface area (Å²) in [4.78, 5) is 18.5. The van der Waals surface area contributed by atoms with Gasteiger partial charge in [0.15, 0.2) is 0 Å². The van der Waals surface area contributed by atoms with Crippen LogP contribution in [0.5, 0.6) is 0 Å². The number of rotatable bonds is 19. The predicted molar refractivity (Wildman–Crippen MR) is 199 cm³/mol. The van der Waals surface area contributed by atoms with E-state index < -0.39 is 135 Å².